The molecule has 120 valence electrons. The van der Waals surface area contributed by atoms with E-state index in [1.807, 2.05) is 39.9 Å². The van der Waals surface area contributed by atoms with Gasteiger partial charge in [-0.1, -0.05) is 29.8 Å². The minimum absolute atomic E-state index is 0.0744. The molecule has 1 amide bonds. The highest BCUT2D eigenvalue weighted by Crippen LogP contribution is 2.16. The fourth-order valence-corrected chi connectivity index (χ4v) is 2.95. The number of benzene rings is 1. The summed E-state index contributed by atoms with van der Waals surface area (Å²) in [4.78, 5) is 18.3. The van der Waals surface area contributed by atoms with Crippen LogP contribution in [0.5, 0.6) is 0 Å². The Hall–Kier alpha value is -2.07. The van der Waals surface area contributed by atoms with E-state index in [9.17, 15) is 4.79 Å². The molecule has 4 nitrogen and oxygen atoms in total. The van der Waals surface area contributed by atoms with Crippen LogP contribution in [0.4, 0.5) is 0 Å². The van der Waals surface area contributed by atoms with Crippen LogP contribution in [0.25, 0.3) is 6.08 Å². The molecular weight excluding hydrogens is 310 g/mol. The maximum atomic E-state index is 12.1. The van der Waals surface area contributed by atoms with E-state index < -0.39 is 0 Å². The van der Waals surface area contributed by atoms with Crippen LogP contribution in [0.3, 0.4) is 0 Å². The van der Waals surface area contributed by atoms with Gasteiger partial charge in [-0.05, 0) is 37.0 Å². The van der Waals surface area contributed by atoms with Gasteiger partial charge in [0, 0.05) is 36.9 Å². The molecule has 0 spiro atoms. The summed E-state index contributed by atoms with van der Waals surface area (Å²) < 4.78 is 1.96. The molecule has 0 bridgehead atoms. The van der Waals surface area contributed by atoms with Gasteiger partial charge < -0.3 is 9.47 Å². The summed E-state index contributed by atoms with van der Waals surface area (Å²) in [6.07, 6.45) is 10.5. The van der Waals surface area contributed by atoms with Crippen LogP contribution in [0.1, 0.15) is 30.5 Å². The number of piperidine rings is 1. The first-order chi connectivity index (χ1) is 11.2. The summed E-state index contributed by atoms with van der Waals surface area (Å²) in [5, 5.41) is 0.749. The molecule has 0 atom stereocenters. The number of amides is 1. The van der Waals surface area contributed by atoms with Gasteiger partial charge in [-0.25, -0.2) is 4.98 Å². The van der Waals surface area contributed by atoms with Crippen molar-refractivity contribution in [2.45, 2.75) is 25.8 Å². The number of aromatic nitrogens is 2. The molecule has 1 aliphatic heterocycles. The molecule has 1 aliphatic rings. The topological polar surface area (TPSA) is 38.1 Å². The zero-order valence-corrected chi connectivity index (χ0v) is 13.7. The van der Waals surface area contributed by atoms with Crippen molar-refractivity contribution in [3.05, 3.63) is 59.1 Å². The Morgan fingerprint density at radius 2 is 2.00 bits per heavy atom. The van der Waals surface area contributed by atoms with Gasteiger partial charge in [0.2, 0.25) is 5.91 Å². The molecule has 1 saturated heterocycles. The van der Waals surface area contributed by atoms with E-state index in [0.717, 1.165) is 42.2 Å². The minimum Gasteiger partial charge on any atom is -0.339 e. The smallest absolute Gasteiger partial charge is 0.246 e. The Kier molecular flexibility index (Phi) is 5.13. The highest BCUT2D eigenvalue weighted by atomic mass is 35.5. The Bertz CT molecular complexity index is 702. The van der Waals surface area contributed by atoms with Crippen LogP contribution in [-0.2, 0) is 11.3 Å². The number of imidazole rings is 1. The lowest BCUT2D eigenvalue weighted by atomic mass is 10.1. The monoisotopic (exact) mass is 329 g/mol. The van der Waals surface area contributed by atoms with Crippen molar-refractivity contribution < 1.29 is 4.79 Å². The van der Waals surface area contributed by atoms with Crippen molar-refractivity contribution in [2.75, 3.05) is 13.1 Å². The Morgan fingerprint density at radius 3 is 2.78 bits per heavy atom. The molecule has 1 fully saturated rings. The molecule has 3 rings (SSSR count). The van der Waals surface area contributed by atoms with Crippen LogP contribution < -0.4 is 0 Å². The third kappa shape index (κ3) is 4.23. The minimum atomic E-state index is 0.0744. The summed E-state index contributed by atoms with van der Waals surface area (Å²) in [7, 11) is 0. The van der Waals surface area contributed by atoms with Crippen molar-refractivity contribution >= 4 is 23.6 Å². The maximum absolute atomic E-state index is 12.1. The lowest BCUT2D eigenvalue weighted by Gasteiger charge is -2.25. The molecule has 2 aromatic rings. The number of hydrogen-bond donors (Lipinski definition) is 0. The van der Waals surface area contributed by atoms with Gasteiger partial charge in [-0.2, -0.15) is 0 Å². The molecule has 1 aromatic heterocycles. The van der Waals surface area contributed by atoms with Crippen molar-refractivity contribution in [1.82, 2.24) is 14.5 Å². The van der Waals surface area contributed by atoms with E-state index >= 15 is 0 Å². The number of carbonyl (C=O) groups is 1. The number of likely N-dealkylation sites (tertiary alicyclic amines) is 1. The zero-order valence-electron chi connectivity index (χ0n) is 13.0. The normalized spacial score (nSPS) is 15.3. The van der Waals surface area contributed by atoms with Crippen molar-refractivity contribution in [3.8, 4) is 0 Å². The predicted octanol–water partition coefficient (Wildman–Crippen LogP) is 3.61. The average Bonchev–Trinajstić information content (AvgIpc) is 3.03. The number of halogens is 1. The molecular formula is C18H20ClN3O. The van der Waals surface area contributed by atoms with Crippen LogP contribution in [-0.4, -0.2) is 33.4 Å². The van der Waals surface area contributed by atoms with Gasteiger partial charge >= 0.3 is 0 Å². The van der Waals surface area contributed by atoms with Crippen molar-refractivity contribution in [3.63, 3.8) is 0 Å². The second-order valence-electron chi connectivity index (χ2n) is 5.78. The average molecular weight is 330 g/mol. The lowest BCUT2D eigenvalue weighted by molar-refractivity contribution is -0.126. The molecule has 23 heavy (non-hydrogen) atoms. The van der Waals surface area contributed by atoms with E-state index in [-0.39, 0.29) is 5.91 Å². The first-order valence-corrected chi connectivity index (χ1v) is 8.32. The number of carbonyl (C=O) groups excluding carboxylic acids is 1. The second-order valence-corrected chi connectivity index (χ2v) is 6.19. The Morgan fingerprint density at radius 1 is 1.22 bits per heavy atom. The fourth-order valence-electron chi connectivity index (χ4n) is 2.75. The summed E-state index contributed by atoms with van der Waals surface area (Å²) >= 11 is 6.17. The van der Waals surface area contributed by atoms with Crippen LogP contribution in [0.15, 0.2) is 42.9 Å². The summed E-state index contributed by atoms with van der Waals surface area (Å²) in [5.74, 6) is 0.0744. The lowest BCUT2D eigenvalue weighted by Crippen LogP contribution is -2.34. The highest BCUT2D eigenvalue weighted by molar-refractivity contribution is 6.31. The molecule has 0 N–H and O–H groups in total. The third-order valence-corrected chi connectivity index (χ3v) is 4.40. The van der Waals surface area contributed by atoms with Crippen LogP contribution >= 0.6 is 11.6 Å². The molecule has 0 saturated carbocycles. The van der Waals surface area contributed by atoms with Crippen molar-refractivity contribution in [2.24, 2.45) is 0 Å². The highest BCUT2D eigenvalue weighted by Gasteiger charge is 2.13. The molecule has 2 heterocycles. The van der Waals surface area contributed by atoms with Crippen LogP contribution in [0.2, 0.25) is 5.02 Å². The van der Waals surface area contributed by atoms with E-state index in [0.29, 0.717) is 6.54 Å². The number of rotatable bonds is 4. The predicted molar refractivity (Wildman–Crippen MR) is 92.2 cm³/mol. The van der Waals surface area contributed by atoms with Gasteiger partial charge in [0.1, 0.15) is 0 Å². The van der Waals surface area contributed by atoms with E-state index in [2.05, 4.69) is 4.98 Å². The quantitative estimate of drug-likeness (QED) is 0.804. The van der Waals surface area contributed by atoms with Gasteiger partial charge in [-0.15, -0.1) is 0 Å². The van der Waals surface area contributed by atoms with Gasteiger partial charge in [0.05, 0.1) is 12.0 Å². The Balaban J connectivity index is 1.61. The SMILES string of the molecule is O=C(/C=C/c1cn(Cc2ccccc2Cl)cn1)N1CCCCC1. The standard InChI is InChI=1S/C18H20ClN3O/c19-17-7-3-2-6-15(17)12-21-13-16(20-14-21)8-9-18(23)22-10-4-1-5-11-22/h2-3,6-9,13-14H,1,4-5,10-12H2/b9-8+. The largest absolute Gasteiger partial charge is 0.339 e. The first-order valence-electron chi connectivity index (χ1n) is 7.94. The molecule has 1 aromatic carbocycles. The first kappa shape index (κ1) is 15.8. The molecule has 0 unspecified atom stereocenters. The fraction of sp³-hybridized carbons (Fsp3) is 0.333. The molecule has 0 aliphatic carbocycles. The van der Waals surface area contributed by atoms with Crippen LogP contribution in [0, 0.1) is 0 Å². The Labute approximate surface area is 141 Å². The van der Waals surface area contributed by atoms with E-state index in [1.165, 1.54) is 6.42 Å². The third-order valence-electron chi connectivity index (χ3n) is 4.03. The van der Waals surface area contributed by atoms with Gasteiger partial charge in [-0.3, -0.25) is 4.79 Å². The summed E-state index contributed by atoms with van der Waals surface area (Å²) in [6, 6.07) is 7.76. The summed E-state index contributed by atoms with van der Waals surface area (Å²) in [5.41, 5.74) is 1.83. The number of nitrogens with zero attached hydrogens (tertiary/aromatic N) is 3. The van der Waals surface area contributed by atoms with E-state index in [1.54, 1.807) is 18.5 Å². The maximum Gasteiger partial charge on any atom is 0.246 e. The van der Waals surface area contributed by atoms with Gasteiger partial charge in [0.15, 0.2) is 0 Å². The zero-order chi connectivity index (χ0) is 16.1. The molecule has 5 heteroatoms. The van der Waals surface area contributed by atoms with Crippen molar-refractivity contribution in [1.29, 1.82) is 0 Å². The number of hydrogen-bond acceptors (Lipinski definition) is 2. The van der Waals surface area contributed by atoms with E-state index in [4.69, 9.17) is 11.6 Å². The second kappa shape index (κ2) is 7.47. The molecule has 0 radical (unpaired) electrons. The van der Waals surface area contributed by atoms with Gasteiger partial charge in [0.25, 0.3) is 0 Å². The summed E-state index contributed by atoms with van der Waals surface area (Å²) in [6.45, 7) is 2.40.